The summed E-state index contributed by atoms with van der Waals surface area (Å²) in [6.07, 6.45) is 5.61. The Morgan fingerprint density at radius 1 is 1.29 bits per heavy atom. The van der Waals surface area contributed by atoms with E-state index < -0.39 is 11.0 Å². The first kappa shape index (κ1) is 13.1. The Morgan fingerprint density at radius 2 is 1.86 bits per heavy atom. The standard InChI is InChI=1S/C10H19NO3/c1-3-4-5-6-7-8-10(12)9(2)11(13)14/h9H,3-8H2,1-2H3. The monoisotopic (exact) mass is 201 g/mol. The van der Waals surface area contributed by atoms with Gasteiger partial charge in [-0.05, 0) is 6.42 Å². The van der Waals surface area contributed by atoms with Gasteiger partial charge in [-0.15, -0.1) is 0 Å². The van der Waals surface area contributed by atoms with Crippen LogP contribution in [0.1, 0.15) is 52.4 Å². The summed E-state index contributed by atoms with van der Waals surface area (Å²) < 4.78 is 0. The van der Waals surface area contributed by atoms with Gasteiger partial charge in [0.05, 0.1) is 0 Å². The number of Topliss-reactive ketones (excluding diaryl/α,β-unsaturated/α-hetero) is 1. The quantitative estimate of drug-likeness (QED) is 0.344. The first-order chi connectivity index (χ1) is 6.59. The summed E-state index contributed by atoms with van der Waals surface area (Å²) in [4.78, 5) is 20.9. The first-order valence-corrected chi connectivity index (χ1v) is 5.25. The molecule has 0 aromatic carbocycles. The molecule has 0 aliphatic carbocycles. The molecule has 0 aliphatic rings. The van der Waals surface area contributed by atoms with Crippen LogP contribution in [0.2, 0.25) is 0 Å². The second kappa shape index (κ2) is 7.47. The van der Waals surface area contributed by atoms with E-state index >= 15 is 0 Å². The number of hydrogen-bond acceptors (Lipinski definition) is 3. The highest BCUT2D eigenvalue weighted by molar-refractivity contribution is 5.82. The van der Waals surface area contributed by atoms with E-state index in [1.807, 2.05) is 0 Å². The summed E-state index contributed by atoms with van der Waals surface area (Å²) in [7, 11) is 0. The molecule has 0 fully saturated rings. The van der Waals surface area contributed by atoms with Crippen LogP contribution < -0.4 is 0 Å². The summed E-state index contributed by atoms with van der Waals surface area (Å²) >= 11 is 0. The van der Waals surface area contributed by atoms with Crippen molar-refractivity contribution in [1.82, 2.24) is 0 Å². The first-order valence-electron chi connectivity index (χ1n) is 5.25. The van der Waals surface area contributed by atoms with Crippen molar-refractivity contribution in [3.05, 3.63) is 10.1 Å². The highest BCUT2D eigenvalue weighted by Gasteiger charge is 2.21. The summed E-state index contributed by atoms with van der Waals surface area (Å²) in [6.45, 7) is 3.48. The molecule has 14 heavy (non-hydrogen) atoms. The molecule has 0 aliphatic heterocycles. The third-order valence-corrected chi connectivity index (χ3v) is 2.31. The maximum absolute atomic E-state index is 11.2. The molecular weight excluding hydrogens is 182 g/mol. The molecule has 0 radical (unpaired) electrons. The van der Waals surface area contributed by atoms with Crippen molar-refractivity contribution in [2.45, 2.75) is 58.4 Å². The van der Waals surface area contributed by atoms with Gasteiger partial charge in [0.25, 0.3) is 6.04 Å². The van der Waals surface area contributed by atoms with Crippen LogP contribution in [-0.2, 0) is 4.79 Å². The van der Waals surface area contributed by atoms with Crippen LogP contribution in [0.25, 0.3) is 0 Å². The van der Waals surface area contributed by atoms with E-state index in [-0.39, 0.29) is 5.78 Å². The minimum absolute atomic E-state index is 0.244. The van der Waals surface area contributed by atoms with Gasteiger partial charge >= 0.3 is 0 Å². The average Bonchev–Trinajstić information content (AvgIpc) is 2.16. The van der Waals surface area contributed by atoms with Crippen molar-refractivity contribution in [2.75, 3.05) is 0 Å². The Kier molecular flexibility index (Phi) is 6.98. The van der Waals surface area contributed by atoms with Gasteiger partial charge in [-0.25, -0.2) is 0 Å². The lowest BCUT2D eigenvalue weighted by molar-refractivity contribution is -0.503. The minimum atomic E-state index is -1.03. The SMILES string of the molecule is CCCCCCCC(=O)C(C)[N+](=O)[O-]. The lowest BCUT2D eigenvalue weighted by Crippen LogP contribution is -2.25. The van der Waals surface area contributed by atoms with Crippen LogP contribution in [0.15, 0.2) is 0 Å². The number of nitrogens with zero attached hydrogens (tertiary/aromatic N) is 1. The molecule has 0 amide bonds. The molecule has 4 nitrogen and oxygen atoms in total. The van der Waals surface area contributed by atoms with Crippen LogP contribution in [0.4, 0.5) is 0 Å². The van der Waals surface area contributed by atoms with Crippen molar-refractivity contribution in [2.24, 2.45) is 0 Å². The van der Waals surface area contributed by atoms with Crippen molar-refractivity contribution >= 4 is 5.78 Å². The summed E-state index contributed by atoms with van der Waals surface area (Å²) in [5, 5.41) is 10.3. The third-order valence-electron chi connectivity index (χ3n) is 2.31. The van der Waals surface area contributed by atoms with Crippen molar-refractivity contribution in [3.8, 4) is 0 Å². The molecule has 1 atom stereocenters. The topological polar surface area (TPSA) is 60.2 Å². The van der Waals surface area contributed by atoms with Crippen LogP contribution in [0, 0.1) is 10.1 Å². The number of nitro groups is 1. The van der Waals surface area contributed by atoms with E-state index in [2.05, 4.69) is 6.92 Å². The molecule has 0 saturated carbocycles. The van der Waals surface area contributed by atoms with E-state index in [4.69, 9.17) is 0 Å². The van der Waals surface area contributed by atoms with Crippen LogP contribution in [-0.4, -0.2) is 16.7 Å². The van der Waals surface area contributed by atoms with Gasteiger partial charge in [0.1, 0.15) is 0 Å². The maximum Gasteiger partial charge on any atom is 0.267 e. The summed E-state index contributed by atoms with van der Waals surface area (Å²) in [5.74, 6) is -0.244. The zero-order valence-electron chi connectivity index (χ0n) is 8.99. The lowest BCUT2D eigenvalue weighted by Gasteiger charge is -2.02. The van der Waals surface area contributed by atoms with Crippen LogP contribution in [0.3, 0.4) is 0 Å². The average molecular weight is 201 g/mol. The van der Waals surface area contributed by atoms with Gasteiger partial charge in [-0.1, -0.05) is 32.6 Å². The molecule has 0 rings (SSSR count). The molecule has 0 spiro atoms. The second-order valence-electron chi connectivity index (χ2n) is 3.59. The molecule has 0 aromatic heterocycles. The molecule has 4 heteroatoms. The Morgan fingerprint density at radius 3 is 2.36 bits per heavy atom. The largest absolute Gasteiger partial charge is 0.292 e. The fourth-order valence-corrected chi connectivity index (χ4v) is 1.23. The molecule has 1 unspecified atom stereocenters. The Hall–Kier alpha value is -0.930. The normalized spacial score (nSPS) is 12.4. The highest BCUT2D eigenvalue weighted by Crippen LogP contribution is 2.07. The zero-order valence-corrected chi connectivity index (χ0v) is 8.99. The number of ketones is 1. The maximum atomic E-state index is 11.2. The molecule has 0 aromatic rings. The van der Waals surface area contributed by atoms with Gasteiger partial charge in [-0.2, -0.15) is 0 Å². The lowest BCUT2D eigenvalue weighted by atomic mass is 10.1. The van der Waals surface area contributed by atoms with Gasteiger partial charge in [-0.3, -0.25) is 14.9 Å². The Labute approximate surface area is 84.8 Å². The Balaban J connectivity index is 3.49. The number of rotatable bonds is 8. The molecule has 0 heterocycles. The molecule has 0 bridgehead atoms. The van der Waals surface area contributed by atoms with Crippen LogP contribution in [0.5, 0.6) is 0 Å². The Bertz CT molecular complexity index is 192. The molecule has 0 saturated heterocycles. The minimum Gasteiger partial charge on any atom is -0.292 e. The van der Waals surface area contributed by atoms with E-state index in [0.29, 0.717) is 6.42 Å². The fraction of sp³-hybridized carbons (Fsp3) is 0.900. The fourth-order valence-electron chi connectivity index (χ4n) is 1.23. The third kappa shape index (κ3) is 5.67. The van der Waals surface area contributed by atoms with Gasteiger partial charge in [0, 0.05) is 18.3 Å². The summed E-state index contributed by atoms with van der Waals surface area (Å²) in [5.41, 5.74) is 0. The van der Waals surface area contributed by atoms with E-state index in [9.17, 15) is 14.9 Å². The van der Waals surface area contributed by atoms with Crippen molar-refractivity contribution in [1.29, 1.82) is 0 Å². The van der Waals surface area contributed by atoms with Gasteiger partial charge in [0.2, 0.25) is 5.78 Å². The number of hydrogen-bond donors (Lipinski definition) is 0. The van der Waals surface area contributed by atoms with Gasteiger partial charge in [0.15, 0.2) is 0 Å². The predicted octanol–water partition coefficient (Wildman–Crippen LogP) is 2.58. The second-order valence-corrected chi connectivity index (χ2v) is 3.59. The zero-order chi connectivity index (χ0) is 11.0. The smallest absolute Gasteiger partial charge is 0.267 e. The molecule has 0 N–H and O–H groups in total. The van der Waals surface area contributed by atoms with Crippen molar-refractivity contribution < 1.29 is 9.72 Å². The van der Waals surface area contributed by atoms with Crippen molar-refractivity contribution in [3.63, 3.8) is 0 Å². The number of unbranched alkanes of at least 4 members (excludes halogenated alkanes) is 4. The van der Waals surface area contributed by atoms with Gasteiger partial charge < -0.3 is 0 Å². The number of carbonyl (C=O) groups is 1. The number of carbonyl (C=O) groups excluding carboxylic acids is 1. The van der Waals surface area contributed by atoms with Crippen LogP contribution >= 0.6 is 0 Å². The molecule has 82 valence electrons. The summed E-state index contributed by atoms with van der Waals surface area (Å²) in [6, 6.07) is -1.03. The van der Waals surface area contributed by atoms with E-state index in [0.717, 1.165) is 19.3 Å². The highest BCUT2D eigenvalue weighted by atomic mass is 16.6. The molecular formula is C10H19NO3. The van der Waals surface area contributed by atoms with E-state index in [1.54, 1.807) is 0 Å². The predicted molar refractivity (Wildman–Crippen MR) is 54.8 cm³/mol. The van der Waals surface area contributed by atoms with E-state index in [1.165, 1.54) is 19.8 Å².